The zero-order valence-electron chi connectivity index (χ0n) is 11.7. The third kappa shape index (κ3) is 2.64. The van der Waals surface area contributed by atoms with Crippen LogP contribution in [0.1, 0.15) is 23.2 Å². The van der Waals surface area contributed by atoms with Gasteiger partial charge in [0, 0.05) is 23.0 Å². The molecule has 0 radical (unpaired) electrons. The van der Waals surface area contributed by atoms with Crippen molar-refractivity contribution in [1.29, 1.82) is 0 Å². The van der Waals surface area contributed by atoms with Gasteiger partial charge in [0.25, 0.3) is 0 Å². The number of hydrogen-bond acceptors (Lipinski definition) is 2. The van der Waals surface area contributed by atoms with Gasteiger partial charge in [0.15, 0.2) is 5.43 Å². The second-order valence-corrected chi connectivity index (χ2v) is 5.28. The van der Waals surface area contributed by atoms with Crippen molar-refractivity contribution in [3.63, 3.8) is 0 Å². The fourth-order valence-electron chi connectivity index (χ4n) is 2.69. The summed E-state index contributed by atoms with van der Waals surface area (Å²) in [4.78, 5) is 27.2. The second kappa shape index (κ2) is 5.71. The summed E-state index contributed by atoms with van der Waals surface area (Å²) in [6, 6.07) is 3.33. The molecular weight excluding hydrogens is 290 g/mol. The monoisotopic (exact) mass is 304 g/mol. The number of nitrogens with one attached hydrogen (secondary N) is 2. The van der Waals surface area contributed by atoms with Gasteiger partial charge in [-0.15, -0.1) is 0 Å². The quantitative estimate of drug-likeness (QED) is 0.914. The van der Waals surface area contributed by atoms with Gasteiger partial charge < -0.3 is 10.3 Å². The zero-order chi connectivity index (χ0) is 15.7. The lowest BCUT2D eigenvalue weighted by Gasteiger charge is -2.08. The molecule has 2 aromatic rings. The number of carbonyl (C=O) groups excluding carboxylic acids is 1. The largest absolute Gasteiger partial charge is 0.364 e. The minimum Gasteiger partial charge on any atom is -0.364 e. The highest BCUT2D eigenvalue weighted by atomic mass is 19.1. The number of aromatic nitrogens is 1. The fraction of sp³-hybridized carbons (Fsp3) is 0.250. The smallest absolute Gasteiger partial charge is 0.229 e. The van der Waals surface area contributed by atoms with E-state index in [4.69, 9.17) is 0 Å². The van der Waals surface area contributed by atoms with Crippen LogP contribution in [0.5, 0.6) is 0 Å². The predicted octanol–water partition coefficient (Wildman–Crippen LogP) is 2.32. The Kier molecular flexibility index (Phi) is 3.75. The number of halogens is 2. The van der Waals surface area contributed by atoms with Gasteiger partial charge in [-0.05, 0) is 31.4 Å². The average Bonchev–Trinajstić information content (AvgIpc) is 2.95. The van der Waals surface area contributed by atoms with Crippen molar-refractivity contribution >= 4 is 11.6 Å². The van der Waals surface area contributed by atoms with Crippen LogP contribution in [0.3, 0.4) is 0 Å². The molecule has 6 heteroatoms. The van der Waals surface area contributed by atoms with Crippen LogP contribution >= 0.6 is 0 Å². The number of hydrogen-bond donors (Lipinski definition) is 2. The number of para-hydroxylation sites is 1. The van der Waals surface area contributed by atoms with Crippen molar-refractivity contribution in [2.24, 2.45) is 0 Å². The number of aromatic amines is 1. The van der Waals surface area contributed by atoms with Crippen LogP contribution in [-0.4, -0.2) is 10.9 Å². The van der Waals surface area contributed by atoms with E-state index >= 15 is 0 Å². The molecule has 22 heavy (non-hydrogen) atoms. The first-order valence-electron chi connectivity index (χ1n) is 7.02. The molecule has 1 amide bonds. The highest BCUT2D eigenvalue weighted by Crippen LogP contribution is 2.19. The molecular formula is C16H14F2N2O2. The van der Waals surface area contributed by atoms with E-state index in [1.807, 2.05) is 0 Å². The van der Waals surface area contributed by atoms with Gasteiger partial charge in [-0.2, -0.15) is 0 Å². The van der Waals surface area contributed by atoms with Crippen LogP contribution < -0.4 is 10.7 Å². The number of pyridine rings is 1. The van der Waals surface area contributed by atoms with E-state index in [0.29, 0.717) is 17.5 Å². The van der Waals surface area contributed by atoms with E-state index in [1.165, 1.54) is 12.3 Å². The Morgan fingerprint density at radius 2 is 1.95 bits per heavy atom. The second-order valence-electron chi connectivity index (χ2n) is 5.28. The number of carbonyl (C=O) groups is 1. The number of rotatable bonds is 3. The van der Waals surface area contributed by atoms with E-state index in [1.54, 1.807) is 0 Å². The van der Waals surface area contributed by atoms with Crippen molar-refractivity contribution in [1.82, 2.24) is 4.98 Å². The highest BCUT2D eigenvalue weighted by molar-refractivity contribution is 5.92. The summed E-state index contributed by atoms with van der Waals surface area (Å²) in [5.41, 5.74) is 1.27. The Labute approximate surface area is 125 Å². The molecule has 114 valence electrons. The lowest BCUT2D eigenvalue weighted by molar-refractivity contribution is -0.115. The molecule has 0 saturated carbocycles. The topological polar surface area (TPSA) is 62.0 Å². The molecule has 1 aromatic carbocycles. The molecule has 0 bridgehead atoms. The first kappa shape index (κ1) is 14.4. The minimum atomic E-state index is -0.851. The van der Waals surface area contributed by atoms with Gasteiger partial charge in [-0.1, -0.05) is 6.07 Å². The molecule has 1 heterocycles. The summed E-state index contributed by atoms with van der Waals surface area (Å²) in [6.45, 7) is 0. The van der Waals surface area contributed by atoms with Crippen LogP contribution in [0.25, 0.3) is 0 Å². The average molecular weight is 304 g/mol. The Hall–Kier alpha value is -2.50. The summed E-state index contributed by atoms with van der Waals surface area (Å²) >= 11 is 0. The van der Waals surface area contributed by atoms with Gasteiger partial charge in [0.05, 0.1) is 6.42 Å². The van der Waals surface area contributed by atoms with Crippen molar-refractivity contribution in [2.75, 3.05) is 5.32 Å². The molecule has 4 nitrogen and oxygen atoms in total. The maximum absolute atomic E-state index is 13.5. The maximum atomic E-state index is 13.5. The lowest BCUT2D eigenvalue weighted by atomic mass is 10.1. The van der Waals surface area contributed by atoms with E-state index in [9.17, 15) is 18.4 Å². The van der Waals surface area contributed by atoms with Crippen LogP contribution in [0.2, 0.25) is 0 Å². The van der Waals surface area contributed by atoms with Crippen molar-refractivity contribution in [2.45, 2.75) is 25.7 Å². The Balaban J connectivity index is 1.80. The van der Waals surface area contributed by atoms with Crippen LogP contribution in [0.15, 0.2) is 29.2 Å². The maximum Gasteiger partial charge on any atom is 0.229 e. The number of aryl methyl sites for hydroxylation is 1. The van der Waals surface area contributed by atoms with E-state index in [0.717, 1.165) is 30.7 Å². The van der Waals surface area contributed by atoms with Crippen molar-refractivity contribution < 1.29 is 13.6 Å². The van der Waals surface area contributed by atoms with Gasteiger partial charge >= 0.3 is 0 Å². The molecule has 1 aliphatic carbocycles. The Bertz CT molecular complexity index is 779. The molecule has 0 atom stereocenters. The third-order valence-corrected chi connectivity index (χ3v) is 3.78. The molecule has 1 aromatic heterocycles. The minimum absolute atomic E-state index is 0.157. The summed E-state index contributed by atoms with van der Waals surface area (Å²) in [5.74, 6) is -2.33. The first-order valence-corrected chi connectivity index (χ1v) is 7.02. The Morgan fingerprint density at radius 3 is 2.68 bits per heavy atom. The van der Waals surface area contributed by atoms with Crippen molar-refractivity contribution in [3.8, 4) is 0 Å². The Morgan fingerprint density at radius 1 is 1.23 bits per heavy atom. The molecule has 0 unspecified atom stereocenters. The van der Waals surface area contributed by atoms with E-state index in [-0.39, 0.29) is 11.8 Å². The molecule has 1 aliphatic rings. The van der Waals surface area contributed by atoms with Crippen molar-refractivity contribution in [3.05, 3.63) is 63.1 Å². The van der Waals surface area contributed by atoms with Gasteiger partial charge in [-0.25, -0.2) is 8.78 Å². The first-order chi connectivity index (χ1) is 10.6. The summed E-state index contributed by atoms with van der Waals surface area (Å²) < 4.78 is 27.0. The zero-order valence-corrected chi connectivity index (χ0v) is 11.7. The highest BCUT2D eigenvalue weighted by Gasteiger charge is 2.19. The van der Waals surface area contributed by atoms with Gasteiger partial charge in [0.2, 0.25) is 5.91 Å². The van der Waals surface area contributed by atoms with Gasteiger partial charge in [0.1, 0.15) is 17.3 Å². The normalized spacial score (nSPS) is 13.0. The number of benzene rings is 1. The molecule has 0 saturated heterocycles. The van der Waals surface area contributed by atoms with E-state index in [2.05, 4.69) is 10.3 Å². The SMILES string of the molecule is O=C(Cc1c[nH]c2c(c1=O)CCC2)Nc1c(F)cccc1F. The lowest BCUT2D eigenvalue weighted by Crippen LogP contribution is -2.23. The van der Waals surface area contributed by atoms with Crippen LogP contribution in [-0.2, 0) is 24.1 Å². The van der Waals surface area contributed by atoms with Crippen LogP contribution in [0, 0.1) is 11.6 Å². The summed E-state index contributed by atoms with van der Waals surface area (Å²) in [5, 5.41) is 2.18. The fourth-order valence-corrected chi connectivity index (χ4v) is 2.69. The van der Waals surface area contributed by atoms with E-state index < -0.39 is 23.2 Å². The predicted molar refractivity (Wildman–Crippen MR) is 77.8 cm³/mol. The van der Waals surface area contributed by atoms with Crippen LogP contribution in [0.4, 0.5) is 14.5 Å². The standard InChI is InChI=1S/C16H14F2N2O2/c17-11-4-2-5-12(18)15(11)20-14(21)7-9-8-19-13-6-1-3-10(13)16(9)22/h2,4-5,8H,1,3,6-7H2,(H,19,22)(H,20,21). The summed E-state index contributed by atoms with van der Waals surface area (Å²) in [7, 11) is 0. The molecule has 0 fully saturated rings. The number of H-pyrrole nitrogens is 1. The number of amides is 1. The number of anilines is 1. The number of fused-ring (bicyclic) bond motifs is 1. The van der Waals surface area contributed by atoms with Gasteiger partial charge in [-0.3, -0.25) is 9.59 Å². The molecule has 0 spiro atoms. The molecule has 2 N–H and O–H groups in total. The molecule has 0 aliphatic heterocycles. The molecule has 3 rings (SSSR count). The summed E-state index contributed by atoms with van der Waals surface area (Å²) in [6.07, 6.45) is 3.72. The third-order valence-electron chi connectivity index (χ3n) is 3.78.